The van der Waals surface area contributed by atoms with Crippen LogP contribution in [-0.2, 0) is 0 Å². The van der Waals surface area contributed by atoms with E-state index in [1.54, 1.807) is 4.90 Å². The first kappa shape index (κ1) is 16.0. The molecule has 3 aromatic carbocycles. The third-order valence-corrected chi connectivity index (χ3v) is 4.00. The number of hydrogen-bond acceptors (Lipinski definition) is 2. The molecule has 3 rings (SSSR count). The van der Waals surface area contributed by atoms with Crippen LogP contribution in [0, 0.1) is 5.82 Å². The van der Waals surface area contributed by atoms with Crippen molar-refractivity contribution in [2.75, 3.05) is 18.6 Å². The number of hydrogen-bond donors (Lipinski definition) is 0. The molecule has 0 N–H and O–H groups in total. The zero-order valence-electron chi connectivity index (χ0n) is 13.6. The van der Waals surface area contributed by atoms with E-state index in [-0.39, 0.29) is 11.5 Å². The van der Waals surface area contributed by atoms with Gasteiger partial charge in [0.05, 0.1) is 12.7 Å². The van der Waals surface area contributed by atoms with E-state index in [0.717, 1.165) is 16.5 Å². The Morgan fingerprint density at radius 3 is 2.50 bits per heavy atom. The summed E-state index contributed by atoms with van der Waals surface area (Å²) in [5, 5.41) is 2.15. The summed E-state index contributed by atoms with van der Waals surface area (Å²) in [6, 6.07) is 17.7. The summed E-state index contributed by atoms with van der Waals surface area (Å²) in [5.41, 5.74) is 0.986. The van der Waals surface area contributed by atoms with Gasteiger partial charge in [0.25, 0.3) is 5.91 Å². The second-order valence-electron chi connectivity index (χ2n) is 5.43. The largest absolute Gasteiger partial charge is 0.496 e. The van der Waals surface area contributed by atoms with Crippen LogP contribution in [-0.4, -0.2) is 19.6 Å². The molecule has 1 amide bonds. The van der Waals surface area contributed by atoms with Crippen LogP contribution < -0.4 is 9.64 Å². The molecular formula is C20H18FNO2. The number of carbonyl (C=O) groups is 1. The van der Waals surface area contributed by atoms with Gasteiger partial charge in [-0.05, 0) is 48.0 Å². The molecule has 0 unspecified atom stereocenters. The average molecular weight is 323 g/mol. The summed E-state index contributed by atoms with van der Waals surface area (Å²) in [6.07, 6.45) is 0. The van der Waals surface area contributed by atoms with Crippen molar-refractivity contribution in [3.05, 3.63) is 72.0 Å². The Morgan fingerprint density at radius 1 is 1.04 bits per heavy atom. The molecule has 0 atom stereocenters. The van der Waals surface area contributed by atoms with Gasteiger partial charge in [0.15, 0.2) is 0 Å². The van der Waals surface area contributed by atoms with E-state index in [0.29, 0.717) is 12.3 Å². The minimum absolute atomic E-state index is 0.215. The molecule has 3 aromatic rings. The van der Waals surface area contributed by atoms with Crippen molar-refractivity contribution in [3.8, 4) is 5.75 Å². The standard InChI is InChI=1S/C20H18FNO2/c1-3-22(17-10-8-14-6-4-5-7-15(14)12-17)20(23)18-13-16(21)9-11-19(18)24-2/h4-13H,3H2,1-2H3. The van der Waals surface area contributed by atoms with Crippen molar-refractivity contribution in [1.29, 1.82) is 0 Å². The number of halogens is 1. The van der Waals surface area contributed by atoms with Crippen molar-refractivity contribution < 1.29 is 13.9 Å². The lowest BCUT2D eigenvalue weighted by atomic mass is 10.1. The van der Waals surface area contributed by atoms with Gasteiger partial charge in [0, 0.05) is 12.2 Å². The summed E-state index contributed by atoms with van der Waals surface area (Å²) in [7, 11) is 1.47. The summed E-state index contributed by atoms with van der Waals surface area (Å²) >= 11 is 0. The normalized spacial score (nSPS) is 10.6. The number of nitrogens with zero attached hydrogens (tertiary/aromatic N) is 1. The lowest BCUT2D eigenvalue weighted by molar-refractivity contribution is 0.0985. The van der Waals surface area contributed by atoms with Gasteiger partial charge in [-0.15, -0.1) is 0 Å². The molecule has 0 heterocycles. The fraction of sp³-hybridized carbons (Fsp3) is 0.150. The van der Waals surface area contributed by atoms with Gasteiger partial charge in [-0.2, -0.15) is 0 Å². The fourth-order valence-electron chi connectivity index (χ4n) is 2.78. The van der Waals surface area contributed by atoms with Crippen LogP contribution in [0.4, 0.5) is 10.1 Å². The predicted octanol–water partition coefficient (Wildman–Crippen LogP) is 4.65. The van der Waals surface area contributed by atoms with Crippen LogP contribution in [0.25, 0.3) is 10.8 Å². The molecule has 24 heavy (non-hydrogen) atoms. The van der Waals surface area contributed by atoms with Crippen molar-refractivity contribution >= 4 is 22.4 Å². The number of methoxy groups -OCH3 is 1. The Bertz CT molecular complexity index is 892. The summed E-state index contributed by atoms with van der Waals surface area (Å²) in [6.45, 7) is 2.36. The number of carbonyl (C=O) groups excluding carboxylic acids is 1. The quantitative estimate of drug-likeness (QED) is 0.699. The minimum atomic E-state index is -0.464. The monoisotopic (exact) mass is 323 g/mol. The Labute approximate surface area is 140 Å². The highest BCUT2D eigenvalue weighted by molar-refractivity contribution is 6.08. The van der Waals surface area contributed by atoms with Crippen LogP contribution in [0.5, 0.6) is 5.75 Å². The van der Waals surface area contributed by atoms with Gasteiger partial charge in [-0.1, -0.05) is 30.3 Å². The molecule has 0 aliphatic rings. The number of anilines is 1. The molecule has 0 aliphatic heterocycles. The fourth-order valence-corrected chi connectivity index (χ4v) is 2.78. The van der Waals surface area contributed by atoms with E-state index in [4.69, 9.17) is 4.74 Å². The second-order valence-corrected chi connectivity index (χ2v) is 5.43. The van der Waals surface area contributed by atoms with Gasteiger partial charge in [-0.25, -0.2) is 4.39 Å². The number of ether oxygens (including phenoxy) is 1. The molecule has 0 saturated heterocycles. The molecule has 3 nitrogen and oxygen atoms in total. The third-order valence-electron chi connectivity index (χ3n) is 4.00. The molecule has 122 valence electrons. The van der Waals surface area contributed by atoms with Gasteiger partial charge in [0.1, 0.15) is 11.6 Å². The molecule has 0 radical (unpaired) electrons. The predicted molar refractivity (Wildman–Crippen MR) is 94.3 cm³/mol. The van der Waals surface area contributed by atoms with Gasteiger partial charge >= 0.3 is 0 Å². The highest BCUT2D eigenvalue weighted by Crippen LogP contribution is 2.26. The Hall–Kier alpha value is -2.88. The minimum Gasteiger partial charge on any atom is -0.496 e. The number of benzene rings is 3. The topological polar surface area (TPSA) is 29.5 Å². The summed E-state index contributed by atoms with van der Waals surface area (Å²) < 4.78 is 18.8. The maximum atomic E-state index is 13.6. The first-order valence-electron chi connectivity index (χ1n) is 7.78. The van der Waals surface area contributed by atoms with E-state index in [1.807, 2.05) is 49.4 Å². The van der Waals surface area contributed by atoms with E-state index in [9.17, 15) is 9.18 Å². The summed E-state index contributed by atoms with van der Waals surface area (Å²) in [4.78, 5) is 14.5. The Morgan fingerprint density at radius 2 is 1.79 bits per heavy atom. The van der Waals surface area contributed by atoms with E-state index in [2.05, 4.69) is 0 Å². The van der Waals surface area contributed by atoms with Gasteiger partial charge in [0.2, 0.25) is 0 Å². The first-order chi connectivity index (χ1) is 11.6. The average Bonchev–Trinajstić information content (AvgIpc) is 2.62. The molecule has 0 spiro atoms. The second kappa shape index (κ2) is 6.71. The van der Waals surface area contributed by atoms with E-state index < -0.39 is 5.82 Å². The van der Waals surface area contributed by atoms with Crippen LogP contribution in [0.1, 0.15) is 17.3 Å². The zero-order chi connectivity index (χ0) is 17.1. The SMILES string of the molecule is CCN(C(=O)c1cc(F)ccc1OC)c1ccc2ccccc2c1. The molecule has 0 saturated carbocycles. The molecule has 0 aliphatic carbocycles. The van der Waals surface area contributed by atoms with Crippen molar-refractivity contribution in [2.24, 2.45) is 0 Å². The van der Waals surface area contributed by atoms with Crippen LogP contribution in [0.2, 0.25) is 0 Å². The van der Waals surface area contributed by atoms with Crippen LogP contribution in [0.15, 0.2) is 60.7 Å². The van der Waals surface area contributed by atoms with Crippen molar-refractivity contribution in [1.82, 2.24) is 0 Å². The first-order valence-corrected chi connectivity index (χ1v) is 7.78. The van der Waals surface area contributed by atoms with E-state index in [1.165, 1.54) is 25.3 Å². The molecule has 0 aromatic heterocycles. The van der Waals surface area contributed by atoms with Crippen molar-refractivity contribution in [2.45, 2.75) is 6.92 Å². The van der Waals surface area contributed by atoms with E-state index >= 15 is 0 Å². The molecular weight excluding hydrogens is 305 g/mol. The zero-order valence-corrected chi connectivity index (χ0v) is 13.6. The lowest BCUT2D eigenvalue weighted by Gasteiger charge is -2.22. The Kier molecular flexibility index (Phi) is 4.47. The van der Waals surface area contributed by atoms with Crippen molar-refractivity contribution in [3.63, 3.8) is 0 Å². The molecule has 0 fully saturated rings. The smallest absolute Gasteiger partial charge is 0.262 e. The maximum Gasteiger partial charge on any atom is 0.262 e. The molecule has 0 bridgehead atoms. The lowest BCUT2D eigenvalue weighted by Crippen LogP contribution is -2.31. The third kappa shape index (κ3) is 2.95. The number of amides is 1. The van der Waals surface area contributed by atoms with Crippen LogP contribution >= 0.6 is 0 Å². The van der Waals surface area contributed by atoms with Crippen LogP contribution in [0.3, 0.4) is 0 Å². The Balaban J connectivity index is 2.04. The van der Waals surface area contributed by atoms with Gasteiger partial charge < -0.3 is 9.64 Å². The molecule has 4 heteroatoms. The van der Waals surface area contributed by atoms with Gasteiger partial charge in [-0.3, -0.25) is 4.79 Å². The number of fused-ring (bicyclic) bond motifs is 1. The summed E-state index contributed by atoms with van der Waals surface area (Å²) in [5.74, 6) is -0.390. The maximum absolute atomic E-state index is 13.6. The highest BCUT2D eigenvalue weighted by atomic mass is 19.1. The highest BCUT2D eigenvalue weighted by Gasteiger charge is 2.20. The number of rotatable bonds is 4.